The smallest absolute Gasteiger partial charge is 0.211 e. The van der Waals surface area contributed by atoms with Crippen LogP contribution in [0.15, 0.2) is 94.8 Å². The first-order valence-electron chi connectivity index (χ1n) is 11.8. The summed E-state index contributed by atoms with van der Waals surface area (Å²) < 4.78 is 13.1. The van der Waals surface area contributed by atoms with E-state index in [0.29, 0.717) is 21.9 Å². The Balaban J connectivity index is 0.000000350. The van der Waals surface area contributed by atoms with Crippen LogP contribution in [0.4, 0.5) is 0 Å². The molecule has 0 radical (unpaired) electrons. The molecule has 176 valence electrons. The molecule has 0 spiro atoms. The summed E-state index contributed by atoms with van der Waals surface area (Å²) >= 11 is 0. The fourth-order valence-corrected chi connectivity index (χ4v) is 5.42. The van der Waals surface area contributed by atoms with Gasteiger partial charge in [-0.15, -0.1) is 0 Å². The van der Waals surface area contributed by atoms with E-state index in [-0.39, 0.29) is 11.5 Å². The highest BCUT2D eigenvalue weighted by Crippen LogP contribution is 2.33. The molecule has 0 aromatic heterocycles. The summed E-state index contributed by atoms with van der Waals surface area (Å²) in [5, 5.41) is 7.68. The topological polar surface area (TPSA) is 58.0 Å². The molecule has 4 heteroatoms. The van der Waals surface area contributed by atoms with Gasteiger partial charge in [0.05, 0.1) is 15.7 Å². The summed E-state index contributed by atoms with van der Waals surface area (Å²) in [6.07, 6.45) is 17.5. The van der Waals surface area contributed by atoms with E-state index in [4.69, 9.17) is 5.41 Å². The summed E-state index contributed by atoms with van der Waals surface area (Å²) in [7, 11) is -1.35. The first-order valence-corrected chi connectivity index (χ1v) is 13.0. The van der Waals surface area contributed by atoms with E-state index in [1.54, 1.807) is 24.3 Å². The standard InChI is InChI=1S/C22H21NO2S.C8H12/c23-20-14-13-18-19(22(20)24)7-4-8-21(18)26(25)17-11-9-16(10-12-17)15-5-2-1-3-6-15;1-4-6-7-8(3)5-2/h4,7-15,23H,1-3,5-6H2;4-7H,2H2,1,3H3/b;6-4-,8-7-. The molecule has 0 aliphatic heterocycles. The van der Waals surface area contributed by atoms with Crippen molar-refractivity contribution in [1.29, 1.82) is 5.41 Å². The van der Waals surface area contributed by atoms with Gasteiger partial charge < -0.3 is 0 Å². The number of benzene rings is 2. The second-order valence-corrected chi connectivity index (χ2v) is 10.1. The van der Waals surface area contributed by atoms with Gasteiger partial charge in [0.15, 0.2) is 0 Å². The number of carbonyl (C=O) groups excluding carboxylic acids is 1. The summed E-state index contributed by atoms with van der Waals surface area (Å²) in [5.41, 5.74) is 3.63. The van der Waals surface area contributed by atoms with Crippen LogP contribution in [0.2, 0.25) is 0 Å². The van der Waals surface area contributed by atoms with Crippen LogP contribution in [0.5, 0.6) is 0 Å². The van der Waals surface area contributed by atoms with Crippen LogP contribution in [-0.4, -0.2) is 15.7 Å². The maximum absolute atomic E-state index is 13.1. The van der Waals surface area contributed by atoms with Crippen LogP contribution < -0.4 is 0 Å². The third kappa shape index (κ3) is 6.27. The molecule has 1 atom stereocenters. The predicted molar refractivity (Wildman–Crippen MR) is 143 cm³/mol. The van der Waals surface area contributed by atoms with E-state index in [2.05, 4.69) is 18.7 Å². The number of Topliss-reactive ketones (excluding diaryl/α,β-unsaturated/α-hetero) is 1. The molecule has 2 aromatic carbocycles. The zero-order valence-corrected chi connectivity index (χ0v) is 20.9. The molecular weight excluding hydrogens is 438 g/mol. The predicted octanol–water partition coefficient (Wildman–Crippen LogP) is 7.83. The Kier molecular flexibility index (Phi) is 9.29. The van der Waals surface area contributed by atoms with Gasteiger partial charge in [-0.3, -0.25) is 10.2 Å². The van der Waals surface area contributed by atoms with Crippen molar-refractivity contribution in [3.63, 3.8) is 0 Å². The number of carbonyl (C=O) groups is 1. The summed E-state index contributed by atoms with van der Waals surface area (Å²) in [4.78, 5) is 13.6. The second-order valence-electron chi connectivity index (χ2n) is 8.61. The van der Waals surface area contributed by atoms with Gasteiger partial charge in [0, 0.05) is 16.0 Å². The van der Waals surface area contributed by atoms with E-state index in [9.17, 15) is 9.00 Å². The Morgan fingerprint density at radius 1 is 1.06 bits per heavy atom. The van der Waals surface area contributed by atoms with Crippen LogP contribution in [0.3, 0.4) is 0 Å². The fourth-order valence-electron chi connectivity index (χ4n) is 4.21. The molecule has 2 aromatic rings. The summed E-state index contributed by atoms with van der Waals surface area (Å²) in [6.45, 7) is 7.63. The molecule has 3 nitrogen and oxygen atoms in total. The average molecular weight is 472 g/mol. The molecule has 1 N–H and O–H groups in total. The second kappa shape index (κ2) is 12.4. The van der Waals surface area contributed by atoms with Gasteiger partial charge in [-0.25, -0.2) is 4.21 Å². The van der Waals surface area contributed by atoms with Crippen molar-refractivity contribution in [3.8, 4) is 0 Å². The van der Waals surface area contributed by atoms with Crippen molar-refractivity contribution in [2.24, 2.45) is 0 Å². The van der Waals surface area contributed by atoms with Gasteiger partial charge in [-0.05, 0) is 62.4 Å². The van der Waals surface area contributed by atoms with E-state index in [1.807, 2.05) is 50.3 Å². The first kappa shape index (κ1) is 25.5. The van der Waals surface area contributed by atoms with Crippen molar-refractivity contribution >= 4 is 28.4 Å². The molecule has 0 amide bonds. The average Bonchev–Trinajstić information content (AvgIpc) is 2.89. The number of hydrogen-bond acceptors (Lipinski definition) is 3. The largest absolute Gasteiger partial charge is 0.297 e. The lowest BCUT2D eigenvalue weighted by atomic mass is 9.84. The molecule has 0 bridgehead atoms. The van der Waals surface area contributed by atoms with Crippen LogP contribution in [0, 0.1) is 5.41 Å². The van der Waals surface area contributed by atoms with Crippen LogP contribution in [-0.2, 0) is 10.8 Å². The fraction of sp³-hybridized carbons (Fsp3) is 0.267. The monoisotopic (exact) mass is 471 g/mol. The molecule has 0 heterocycles. The first-order chi connectivity index (χ1) is 16.5. The van der Waals surface area contributed by atoms with Crippen LogP contribution >= 0.6 is 0 Å². The highest BCUT2D eigenvalue weighted by molar-refractivity contribution is 7.85. The highest BCUT2D eigenvalue weighted by atomic mass is 32.2. The van der Waals surface area contributed by atoms with Crippen molar-refractivity contribution < 1.29 is 9.00 Å². The number of rotatable bonds is 5. The molecular formula is C30H33NO2S. The van der Waals surface area contributed by atoms with E-state index >= 15 is 0 Å². The van der Waals surface area contributed by atoms with Gasteiger partial charge in [-0.2, -0.15) is 0 Å². The van der Waals surface area contributed by atoms with Gasteiger partial charge in [0.1, 0.15) is 5.71 Å². The lowest BCUT2D eigenvalue weighted by molar-refractivity contribution is 0.106. The Labute approximate surface area is 206 Å². The minimum atomic E-state index is -1.35. The van der Waals surface area contributed by atoms with E-state index in [0.717, 1.165) is 4.90 Å². The number of ketones is 1. The number of hydrogen-bond donors (Lipinski definition) is 1. The van der Waals surface area contributed by atoms with Gasteiger partial charge in [0.25, 0.3) is 0 Å². The van der Waals surface area contributed by atoms with Crippen molar-refractivity contribution in [2.45, 2.75) is 61.7 Å². The molecule has 2 aliphatic carbocycles. The van der Waals surface area contributed by atoms with Crippen LogP contribution in [0.1, 0.15) is 73.4 Å². The minimum Gasteiger partial charge on any atom is -0.297 e. The molecule has 4 rings (SSSR count). The van der Waals surface area contributed by atoms with Crippen molar-refractivity contribution in [1.82, 2.24) is 0 Å². The maximum atomic E-state index is 13.1. The third-order valence-corrected chi connectivity index (χ3v) is 7.67. The Morgan fingerprint density at radius 2 is 1.76 bits per heavy atom. The Hall–Kier alpha value is -3.11. The normalized spacial score (nSPS) is 17.2. The third-order valence-electron chi connectivity index (χ3n) is 6.22. The minimum absolute atomic E-state index is 0.0303. The van der Waals surface area contributed by atoms with Gasteiger partial charge in [-0.1, -0.05) is 86.1 Å². The van der Waals surface area contributed by atoms with Crippen molar-refractivity contribution in [3.05, 3.63) is 102 Å². The Bertz CT molecular complexity index is 1160. The summed E-state index contributed by atoms with van der Waals surface area (Å²) in [5.74, 6) is 0.316. The molecule has 2 aliphatic rings. The van der Waals surface area contributed by atoms with Gasteiger partial charge >= 0.3 is 0 Å². The quantitative estimate of drug-likeness (QED) is 0.452. The zero-order valence-electron chi connectivity index (χ0n) is 20.1. The van der Waals surface area contributed by atoms with E-state index in [1.165, 1.54) is 49.3 Å². The van der Waals surface area contributed by atoms with E-state index < -0.39 is 10.8 Å². The number of allylic oxidation sites excluding steroid dienone is 6. The zero-order chi connectivity index (χ0) is 24.5. The number of nitrogens with one attached hydrogen (secondary N) is 1. The van der Waals surface area contributed by atoms with Crippen LogP contribution in [0.25, 0.3) is 6.08 Å². The molecule has 1 saturated carbocycles. The Morgan fingerprint density at radius 3 is 2.41 bits per heavy atom. The van der Waals surface area contributed by atoms with Crippen molar-refractivity contribution in [2.75, 3.05) is 0 Å². The highest BCUT2D eigenvalue weighted by Gasteiger charge is 2.23. The maximum Gasteiger partial charge on any atom is 0.211 e. The van der Waals surface area contributed by atoms with Gasteiger partial charge in [0.2, 0.25) is 5.78 Å². The lowest BCUT2D eigenvalue weighted by Gasteiger charge is -2.22. The molecule has 1 unspecified atom stereocenters. The number of fused-ring (bicyclic) bond motifs is 1. The molecule has 0 saturated heterocycles. The molecule has 1 fully saturated rings. The molecule has 34 heavy (non-hydrogen) atoms. The SMILES string of the molecule is C=C/C(C)=C\C=C/C.N=C1C=Cc2c(cccc2S(=O)c2ccc(C3CCCCC3)cc2)C1=O. The lowest BCUT2D eigenvalue weighted by Crippen LogP contribution is -2.16. The summed E-state index contributed by atoms with van der Waals surface area (Å²) in [6, 6.07) is 13.4.